The predicted molar refractivity (Wildman–Crippen MR) is 110 cm³/mol. The van der Waals surface area contributed by atoms with Gasteiger partial charge in [0.2, 0.25) is 0 Å². The Kier molecular flexibility index (Phi) is 6.63. The second kappa shape index (κ2) is 8.80. The summed E-state index contributed by atoms with van der Waals surface area (Å²) in [7, 11) is -3.79. The molecule has 0 saturated heterocycles. The van der Waals surface area contributed by atoms with Crippen LogP contribution >= 0.6 is 23.2 Å². The van der Waals surface area contributed by atoms with Gasteiger partial charge in [0.1, 0.15) is 4.90 Å². The van der Waals surface area contributed by atoms with E-state index in [9.17, 15) is 13.2 Å². The predicted octanol–water partition coefficient (Wildman–Crippen LogP) is 4.67. The quantitative estimate of drug-likeness (QED) is 0.732. The molecule has 0 atom stereocenters. The van der Waals surface area contributed by atoms with Crippen molar-refractivity contribution in [2.45, 2.75) is 49.3 Å². The SMILES string of the molecule is CC1CCC(NC(=O)c2cncc(CS(=O)(=O)c3c(Cl)cccc3Cl)c2)CC1. The number of nitrogens with zero attached hydrogens (tertiary/aromatic N) is 1. The molecule has 150 valence electrons. The number of rotatable bonds is 5. The van der Waals surface area contributed by atoms with E-state index in [2.05, 4.69) is 17.2 Å². The molecule has 1 aromatic carbocycles. The zero-order valence-electron chi connectivity index (χ0n) is 15.5. The minimum atomic E-state index is -3.79. The Morgan fingerprint density at radius 2 is 1.79 bits per heavy atom. The summed E-state index contributed by atoms with van der Waals surface area (Å²) in [5.74, 6) is 0.118. The van der Waals surface area contributed by atoms with Crippen LogP contribution in [0, 0.1) is 5.92 Å². The molecule has 0 spiro atoms. The molecule has 1 N–H and O–H groups in total. The molecule has 28 heavy (non-hydrogen) atoms. The highest BCUT2D eigenvalue weighted by Crippen LogP contribution is 2.31. The monoisotopic (exact) mass is 440 g/mol. The van der Waals surface area contributed by atoms with Gasteiger partial charge in [0.15, 0.2) is 9.84 Å². The fourth-order valence-corrected chi connectivity index (χ4v) is 6.01. The van der Waals surface area contributed by atoms with Crippen molar-refractivity contribution in [3.8, 4) is 0 Å². The van der Waals surface area contributed by atoms with E-state index in [1.807, 2.05) is 0 Å². The number of carbonyl (C=O) groups is 1. The minimum Gasteiger partial charge on any atom is -0.349 e. The van der Waals surface area contributed by atoms with E-state index < -0.39 is 9.84 Å². The van der Waals surface area contributed by atoms with E-state index in [1.165, 1.54) is 24.5 Å². The average Bonchev–Trinajstić information content (AvgIpc) is 2.63. The third-order valence-corrected chi connectivity index (χ3v) is 7.62. The summed E-state index contributed by atoms with van der Waals surface area (Å²) in [6, 6.07) is 6.25. The largest absolute Gasteiger partial charge is 0.349 e. The van der Waals surface area contributed by atoms with Gasteiger partial charge in [-0.05, 0) is 55.4 Å². The molecule has 1 saturated carbocycles. The van der Waals surface area contributed by atoms with Crippen LogP contribution in [0.4, 0.5) is 0 Å². The maximum atomic E-state index is 12.8. The maximum Gasteiger partial charge on any atom is 0.253 e. The summed E-state index contributed by atoms with van der Waals surface area (Å²) in [6.45, 7) is 2.22. The van der Waals surface area contributed by atoms with Gasteiger partial charge in [-0.3, -0.25) is 9.78 Å². The summed E-state index contributed by atoms with van der Waals surface area (Å²) >= 11 is 12.1. The summed E-state index contributed by atoms with van der Waals surface area (Å²) in [6.07, 6.45) is 6.99. The highest BCUT2D eigenvalue weighted by atomic mass is 35.5. The van der Waals surface area contributed by atoms with Crippen LogP contribution in [0.1, 0.15) is 48.5 Å². The Morgan fingerprint density at radius 1 is 1.14 bits per heavy atom. The van der Waals surface area contributed by atoms with Crippen molar-refractivity contribution in [2.24, 2.45) is 5.92 Å². The molecular formula is C20H22Cl2N2O3S. The van der Waals surface area contributed by atoms with Crippen LogP contribution in [-0.4, -0.2) is 25.4 Å². The number of hydrogen-bond acceptors (Lipinski definition) is 4. The molecule has 0 radical (unpaired) electrons. The van der Waals surface area contributed by atoms with Crippen molar-refractivity contribution in [2.75, 3.05) is 0 Å². The molecule has 0 aliphatic heterocycles. The number of benzene rings is 1. The van der Waals surface area contributed by atoms with Crippen LogP contribution in [-0.2, 0) is 15.6 Å². The number of aromatic nitrogens is 1. The number of pyridine rings is 1. The lowest BCUT2D eigenvalue weighted by Crippen LogP contribution is -2.37. The number of hydrogen-bond donors (Lipinski definition) is 1. The lowest BCUT2D eigenvalue weighted by atomic mass is 9.87. The molecule has 1 aromatic heterocycles. The van der Waals surface area contributed by atoms with Crippen LogP contribution in [0.3, 0.4) is 0 Å². The van der Waals surface area contributed by atoms with Crippen LogP contribution in [0.2, 0.25) is 10.0 Å². The number of nitrogens with one attached hydrogen (secondary N) is 1. The van der Waals surface area contributed by atoms with E-state index >= 15 is 0 Å². The second-order valence-corrected chi connectivity index (χ2v) is 10.1. The van der Waals surface area contributed by atoms with E-state index in [0.717, 1.165) is 25.7 Å². The van der Waals surface area contributed by atoms with Crippen molar-refractivity contribution in [3.63, 3.8) is 0 Å². The van der Waals surface area contributed by atoms with Crippen molar-refractivity contribution < 1.29 is 13.2 Å². The summed E-state index contributed by atoms with van der Waals surface area (Å²) < 4.78 is 25.5. The van der Waals surface area contributed by atoms with E-state index in [-0.39, 0.29) is 32.6 Å². The van der Waals surface area contributed by atoms with Gasteiger partial charge in [-0.15, -0.1) is 0 Å². The van der Waals surface area contributed by atoms with Gasteiger partial charge in [-0.1, -0.05) is 36.2 Å². The molecule has 1 aliphatic carbocycles. The molecule has 0 unspecified atom stereocenters. The molecule has 2 aromatic rings. The van der Waals surface area contributed by atoms with Gasteiger partial charge in [-0.2, -0.15) is 0 Å². The van der Waals surface area contributed by atoms with Crippen molar-refractivity contribution in [1.29, 1.82) is 0 Å². The highest BCUT2D eigenvalue weighted by molar-refractivity contribution is 7.90. The van der Waals surface area contributed by atoms with Crippen molar-refractivity contribution in [1.82, 2.24) is 10.3 Å². The Morgan fingerprint density at radius 3 is 2.43 bits per heavy atom. The van der Waals surface area contributed by atoms with Gasteiger partial charge in [-0.25, -0.2) is 8.42 Å². The molecule has 1 aliphatic rings. The first-order chi connectivity index (χ1) is 13.3. The van der Waals surface area contributed by atoms with Gasteiger partial charge in [0.25, 0.3) is 5.91 Å². The smallest absolute Gasteiger partial charge is 0.253 e. The Hall–Kier alpha value is -1.63. The summed E-state index contributed by atoms with van der Waals surface area (Å²) in [5, 5.41) is 3.17. The molecule has 1 amide bonds. The zero-order chi connectivity index (χ0) is 20.3. The zero-order valence-corrected chi connectivity index (χ0v) is 17.8. The highest BCUT2D eigenvalue weighted by Gasteiger charge is 2.24. The van der Waals surface area contributed by atoms with Crippen molar-refractivity contribution in [3.05, 3.63) is 57.8 Å². The average molecular weight is 441 g/mol. The first-order valence-corrected chi connectivity index (χ1v) is 11.6. The summed E-state index contributed by atoms with van der Waals surface area (Å²) in [4.78, 5) is 16.5. The first kappa shape index (κ1) is 21.1. The molecule has 3 rings (SSSR count). The number of sulfone groups is 1. The van der Waals surface area contributed by atoms with Gasteiger partial charge in [0.05, 0.1) is 21.4 Å². The Balaban J connectivity index is 1.75. The molecule has 0 bridgehead atoms. The maximum absolute atomic E-state index is 12.8. The van der Waals surface area contributed by atoms with Crippen LogP contribution in [0.5, 0.6) is 0 Å². The van der Waals surface area contributed by atoms with Gasteiger partial charge in [0, 0.05) is 18.4 Å². The van der Waals surface area contributed by atoms with E-state index in [4.69, 9.17) is 23.2 Å². The van der Waals surface area contributed by atoms with Crippen LogP contribution in [0.25, 0.3) is 0 Å². The lowest BCUT2D eigenvalue weighted by molar-refractivity contribution is 0.0922. The molecule has 1 heterocycles. The molecule has 8 heteroatoms. The molecule has 5 nitrogen and oxygen atoms in total. The van der Waals surface area contributed by atoms with E-state index in [0.29, 0.717) is 17.0 Å². The summed E-state index contributed by atoms with van der Waals surface area (Å²) in [5.41, 5.74) is 0.748. The fraction of sp³-hybridized carbons (Fsp3) is 0.400. The lowest BCUT2D eigenvalue weighted by Gasteiger charge is -2.26. The standard InChI is InChI=1S/C20H22Cl2N2O3S/c1-13-5-7-16(8-6-13)24-20(25)15-9-14(10-23-11-15)12-28(26,27)19-17(21)3-2-4-18(19)22/h2-4,9-11,13,16H,5-8,12H2,1H3,(H,24,25). The van der Waals surface area contributed by atoms with Crippen molar-refractivity contribution >= 4 is 38.9 Å². The number of amides is 1. The topological polar surface area (TPSA) is 76.1 Å². The Labute approximate surface area is 175 Å². The molecule has 1 fully saturated rings. The first-order valence-electron chi connectivity index (χ1n) is 9.18. The van der Waals surface area contributed by atoms with Crippen LogP contribution < -0.4 is 5.32 Å². The third-order valence-electron chi connectivity index (χ3n) is 4.99. The normalized spacial score (nSPS) is 20.0. The molecular weight excluding hydrogens is 419 g/mol. The third kappa shape index (κ3) is 5.04. The number of carbonyl (C=O) groups excluding carboxylic acids is 1. The van der Waals surface area contributed by atoms with Gasteiger partial charge >= 0.3 is 0 Å². The van der Waals surface area contributed by atoms with E-state index in [1.54, 1.807) is 12.1 Å². The number of halogens is 2. The van der Waals surface area contributed by atoms with Gasteiger partial charge < -0.3 is 5.32 Å². The Bertz CT molecular complexity index is 951. The second-order valence-electron chi connectivity index (χ2n) is 7.32. The fourth-order valence-electron chi connectivity index (χ4n) is 3.44. The van der Waals surface area contributed by atoms with Crippen LogP contribution in [0.15, 0.2) is 41.6 Å². The minimum absolute atomic E-state index is 0.0703.